The number of carbonyl (C=O) groups is 1. The summed E-state index contributed by atoms with van der Waals surface area (Å²) in [6, 6.07) is 10.4. The molecule has 0 bridgehead atoms. The van der Waals surface area contributed by atoms with Crippen LogP contribution in [0.2, 0.25) is 0 Å². The Morgan fingerprint density at radius 2 is 1.39 bits per heavy atom. The highest BCUT2D eigenvalue weighted by atomic mass is 16.5. The van der Waals surface area contributed by atoms with Gasteiger partial charge in [0, 0.05) is 0 Å². The third-order valence-electron chi connectivity index (χ3n) is 5.62. The van der Waals surface area contributed by atoms with Crippen LogP contribution in [0.1, 0.15) is 103 Å². The van der Waals surface area contributed by atoms with Crippen LogP contribution in [-0.2, 0) is 16.0 Å². The Hall–Kier alpha value is -1.31. The largest absolute Gasteiger partial charge is 0.465 e. The topological polar surface area (TPSA) is 26.3 Å². The molecule has 2 unspecified atom stereocenters. The lowest BCUT2D eigenvalue weighted by molar-refractivity contribution is -0.150. The molecule has 0 amide bonds. The van der Waals surface area contributed by atoms with Gasteiger partial charge < -0.3 is 4.74 Å². The molecule has 0 aliphatic carbocycles. The number of esters is 1. The van der Waals surface area contributed by atoms with Gasteiger partial charge in [-0.05, 0) is 30.7 Å². The SMILES string of the molecule is CCCCCCCCC(C)COC(=O)C(CCCCCC)Cc1ccccc1. The van der Waals surface area contributed by atoms with Crippen LogP contribution < -0.4 is 0 Å². The van der Waals surface area contributed by atoms with Gasteiger partial charge in [0.05, 0.1) is 12.5 Å². The number of ether oxygens (including phenoxy) is 1. The Bertz CT molecular complexity index is 482. The monoisotopic (exact) mass is 388 g/mol. The minimum Gasteiger partial charge on any atom is -0.465 e. The molecule has 28 heavy (non-hydrogen) atoms. The maximum atomic E-state index is 12.7. The smallest absolute Gasteiger partial charge is 0.309 e. The van der Waals surface area contributed by atoms with Crippen molar-refractivity contribution in [2.75, 3.05) is 6.61 Å². The summed E-state index contributed by atoms with van der Waals surface area (Å²) in [7, 11) is 0. The molecule has 0 saturated carbocycles. The summed E-state index contributed by atoms with van der Waals surface area (Å²) < 4.78 is 5.75. The minimum absolute atomic E-state index is 0.000463. The minimum atomic E-state index is 0.000463. The van der Waals surface area contributed by atoms with Crippen LogP contribution in [0, 0.1) is 11.8 Å². The molecule has 2 atom stereocenters. The number of hydrogen-bond acceptors (Lipinski definition) is 2. The van der Waals surface area contributed by atoms with Crippen LogP contribution >= 0.6 is 0 Å². The predicted octanol–water partition coefficient (Wildman–Crippen LogP) is 7.75. The molecule has 0 saturated heterocycles. The van der Waals surface area contributed by atoms with Gasteiger partial charge in [-0.2, -0.15) is 0 Å². The summed E-state index contributed by atoms with van der Waals surface area (Å²) in [4.78, 5) is 12.7. The normalized spacial score (nSPS) is 13.2. The maximum absolute atomic E-state index is 12.7. The molecule has 0 radical (unpaired) electrons. The number of unbranched alkanes of at least 4 members (excludes halogenated alkanes) is 8. The third kappa shape index (κ3) is 12.2. The second kappa shape index (κ2) is 16.6. The Morgan fingerprint density at radius 1 is 0.821 bits per heavy atom. The molecular weight excluding hydrogens is 344 g/mol. The highest BCUT2D eigenvalue weighted by Crippen LogP contribution is 2.19. The summed E-state index contributed by atoms with van der Waals surface area (Å²) in [6.07, 6.45) is 15.7. The average molecular weight is 389 g/mol. The van der Waals surface area contributed by atoms with Crippen LogP contribution in [0.15, 0.2) is 30.3 Å². The van der Waals surface area contributed by atoms with Crippen molar-refractivity contribution in [3.05, 3.63) is 35.9 Å². The van der Waals surface area contributed by atoms with Gasteiger partial charge in [-0.15, -0.1) is 0 Å². The van der Waals surface area contributed by atoms with Gasteiger partial charge in [0.25, 0.3) is 0 Å². The van der Waals surface area contributed by atoms with Crippen molar-refractivity contribution in [2.24, 2.45) is 11.8 Å². The first-order chi connectivity index (χ1) is 13.7. The fourth-order valence-electron chi connectivity index (χ4n) is 3.72. The molecule has 1 aromatic rings. The van der Waals surface area contributed by atoms with Gasteiger partial charge in [-0.1, -0.05) is 115 Å². The van der Waals surface area contributed by atoms with Crippen molar-refractivity contribution in [1.82, 2.24) is 0 Å². The molecule has 1 rings (SSSR count). The number of rotatable bonds is 17. The molecule has 0 N–H and O–H groups in total. The first-order valence-electron chi connectivity index (χ1n) is 11.9. The summed E-state index contributed by atoms with van der Waals surface area (Å²) in [5.74, 6) is 0.475. The quantitative estimate of drug-likeness (QED) is 0.201. The van der Waals surface area contributed by atoms with Gasteiger partial charge >= 0.3 is 5.97 Å². The van der Waals surface area contributed by atoms with Crippen molar-refractivity contribution in [3.63, 3.8) is 0 Å². The molecule has 0 aliphatic rings. The van der Waals surface area contributed by atoms with E-state index >= 15 is 0 Å². The standard InChI is InChI=1S/C26H44O2/c1-4-6-8-10-11-13-17-23(3)22-28-26(27)25(20-16-9-7-5-2)21-24-18-14-12-15-19-24/h12,14-15,18-19,23,25H,4-11,13,16-17,20-22H2,1-3H3. The lowest BCUT2D eigenvalue weighted by atomic mass is 9.93. The maximum Gasteiger partial charge on any atom is 0.309 e. The molecule has 160 valence electrons. The van der Waals surface area contributed by atoms with Crippen molar-refractivity contribution >= 4 is 5.97 Å². The van der Waals surface area contributed by atoms with E-state index in [4.69, 9.17) is 4.74 Å². The van der Waals surface area contributed by atoms with Crippen molar-refractivity contribution in [3.8, 4) is 0 Å². The highest BCUT2D eigenvalue weighted by Gasteiger charge is 2.21. The van der Waals surface area contributed by atoms with E-state index in [-0.39, 0.29) is 11.9 Å². The molecule has 0 heterocycles. The highest BCUT2D eigenvalue weighted by molar-refractivity contribution is 5.72. The molecule has 0 fully saturated rings. The van der Waals surface area contributed by atoms with E-state index in [0.717, 1.165) is 19.3 Å². The van der Waals surface area contributed by atoms with Crippen LogP contribution in [0.25, 0.3) is 0 Å². The summed E-state index contributed by atoms with van der Waals surface area (Å²) in [5.41, 5.74) is 1.24. The lowest BCUT2D eigenvalue weighted by Gasteiger charge is -2.18. The van der Waals surface area contributed by atoms with E-state index < -0.39 is 0 Å². The van der Waals surface area contributed by atoms with Crippen LogP contribution in [-0.4, -0.2) is 12.6 Å². The fraction of sp³-hybridized carbons (Fsp3) is 0.731. The zero-order valence-electron chi connectivity index (χ0n) is 18.8. The van der Waals surface area contributed by atoms with Crippen molar-refractivity contribution in [2.45, 2.75) is 104 Å². The number of hydrogen-bond donors (Lipinski definition) is 0. The van der Waals surface area contributed by atoms with Crippen LogP contribution in [0.3, 0.4) is 0 Å². The summed E-state index contributed by atoms with van der Waals surface area (Å²) in [5, 5.41) is 0. The second-order valence-electron chi connectivity index (χ2n) is 8.53. The van der Waals surface area contributed by atoms with E-state index in [9.17, 15) is 4.79 Å². The zero-order chi connectivity index (χ0) is 20.5. The van der Waals surface area contributed by atoms with Crippen LogP contribution in [0.5, 0.6) is 0 Å². The fourth-order valence-corrected chi connectivity index (χ4v) is 3.72. The number of carbonyl (C=O) groups excluding carboxylic acids is 1. The first kappa shape index (κ1) is 24.7. The van der Waals surface area contributed by atoms with E-state index in [0.29, 0.717) is 12.5 Å². The Morgan fingerprint density at radius 3 is 2.07 bits per heavy atom. The summed E-state index contributed by atoms with van der Waals surface area (Å²) in [6.45, 7) is 7.27. The average Bonchev–Trinajstić information content (AvgIpc) is 2.71. The zero-order valence-corrected chi connectivity index (χ0v) is 18.8. The molecular formula is C26H44O2. The lowest BCUT2D eigenvalue weighted by Crippen LogP contribution is -2.22. The van der Waals surface area contributed by atoms with E-state index in [1.165, 1.54) is 69.8 Å². The third-order valence-corrected chi connectivity index (χ3v) is 5.62. The molecule has 0 aliphatic heterocycles. The van der Waals surface area contributed by atoms with Gasteiger partial charge in [0.15, 0.2) is 0 Å². The van der Waals surface area contributed by atoms with Crippen molar-refractivity contribution in [1.29, 1.82) is 0 Å². The van der Waals surface area contributed by atoms with Gasteiger partial charge in [0.1, 0.15) is 0 Å². The molecule has 1 aromatic carbocycles. The molecule has 0 spiro atoms. The Balaban J connectivity index is 2.35. The predicted molar refractivity (Wildman–Crippen MR) is 121 cm³/mol. The Labute approximate surface area is 174 Å². The molecule has 0 aromatic heterocycles. The van der Waals surface area contributed by atoms with E-state index in [1.54, 1.807) is 0 Å². The Kier molecular flexibility index (Phi) is 14.7. The molecule has 2 nitrogen and oxygen atoms in total. The van der Waals surface area contributed by atoms with Gasteiger partial charge in [-0.25, -0.2) is 0 Å². The van der Waals surface area contributed by atoms with E-state index in [2.05, 4.69) is 45.0 Å². The van der Waals surface area contributed by atoms with Crippen LogP contribution in [0.4, 0.5) is 0 Å². The van der Waals surface area contributed by atoms with Crippen molar-refractivity contribution < 1.29 is 9.53 Å². The van der Waals surface area contributed by atoms with Gasteiger partial charge in [0.2, 0.25) is 0 Å². The number of benzene rings is 1. The second-order valence-corrected chi connectivity index (χ2v) is 8.53. The summed E-state index contributed by atoms with van der Waals surface area (Å²) >= 11 is 0. The van der Waals surface area contributed by atoms with E-state index in [1.807, 2.05) is 6.07 Å². The first-order valence-corrected chi connectivity index (χ1v) is 11.9. The molecule has 2 heteroatoms. The van der Waals surface area contributed by atoms with Gasteiger partial charge in [-0.3, -0.25) is 4.79 Å².